The maximum Gasteiger partial charge on any atom is 0.419 e. The van der Waals surface area contributed by atoms with Crippen molar-refractivity contribution in [1.29, 1.82) is 0 Å². The largest absolute Gasteiger partial charge is 0.419 e. The Kier molecular flexibility index (Phi) is 5.35. The molecule has 0 saturated heterocycles. The highest BCUT2D eigenvalue weighted by Crippen LogP contribution is 2.26. The Morgan fingerprint density at radius 1 is 1.32 bits per heavy atom. The average molecular weight is 276 g/mol. The third kappa shape index (κ3) is 4.55. The second-order valence-electron chi connectivity index (χ2n) is 4.06. The van der Waals surface area contributed by atoms with Gasteiger partial charge in [-0.3, -0.25) is 5.84 Å². The molecule has 1 atom stereocenters. The van der Waals surface area contributed by atoms with Crippen LogP contribution in [0.1, 0.15) is 24.5 Å². The third-order valence-electron chi connectivity index (χ3n) is 2.71. The van der Waals surface area contributed by atoms with Gasteiger partial charge in [-0.2, -0.15) is 13.2 Å². The van der Waals surface area contributed by atoms with Gasteiger partial charge in [-0.25, -0.2) is 4.39 Å². The van der Waals surface area contributed by atoms with Crippen LogP contribution in [-0.2, 0) is 6.42 Å². The van der Waals surface area contributed by atoms with Crippen molar-refractivity contribution < 1.29 is 17.6 Å². The van der Waals surface area contributed by atoms with Crippen molar-refractivity contribution in [2.75, 3.05) is 0 Å². The van der Waals surface area contributed by atoms with Crippen molar-refractivity contribution in [3.63, 3.8) is 0 Å². The predicted octanol–water partition coefficient (Wildman–Crippen LogP) is 3.34. The second-order valence-corrected chi connectivity index (χ2v) is 4.06. The number of hydrogen-bond acceptors (Lipinski definition) is 2. The summed E-state index contributed by atoms with van der Waals surface area (Å²) in [6.45, 7) is 1.99. The molecule has 1 aromatic rings. The van der Waals surface area contributed by atoms with Gasteiger partial charge >= 0.3 is 6.18 Å². The van der Waals surface area contributed by atoms with Crippen molar-refractivity contribution in [3.8, 4) is 0 Å². The molecule has 0 amide bonds. The Bertz CT molecular complexity index is 423. The lowest BCUT2D eigenvalue weighted by atomic mass is 10.1. The summed E-state index contributed by atoms with van der Waals surface area (Å²) >= 11 is 0. The van der Waals surface area contributed by atoms with Crippen LogP contribution in [0.4, 0.5) is 17.6 Å². The molecule has 0 radical (unpaired) electrons. The number of nitrogens with one attached hydrogen (secondary N) is 1. The molecule has 0 aliphatic rings. The van der Waals surface area contributed by atoms with Gasteiger partial charge in [0.25, 0.3) is 0 Å². The van der Waals surface area contributed by atoms with Gasteiger partial charge in [-0.15, -0.1) is 0 Å². The first-order valence-corrected chi connectivity index (χ1v) is 5.85. The minimum Gasteiger partial charge on any atom is -0.324 e. The Labute approximate surface area is 109 Å². The van der Waals surface area contributed by atoms with Crippen molar-refractivity contribution in [2.24, 2.45) is 5.84 Å². The summed E-state index contributed by atoms with van der Waals surface area (Å²) in [5, 5.41) is 0. The maximum absolute atomic E-state index is 12.8. The van der Waals surface area contributed by atoms with Gasteiger partial charge in [-0.05, 0) is 17.5 Å². The highest BCUT2D eigenvalue weighted by molar-refractivity contribution is 5.63. The molecule has 1 unspecified atom stereocenters. The van der Waals surface area contributed by atoms with Gasteiger partial charge in [0.15, 0.2) is 6.17 Å². The van der Waals surface area contributed by atoms with E-state index in [0.717, 1.165) is 18.1 Å². The van der Waals surface area contributed by atoms with Gasteiger partial charge in [0, 0.05) is 6.42 Å². The lowest BCUT2D eigenvalue weighted by Gasteiger charge is -2.12. The molecule has 0 bridgehead atoms. The van der Waals surface area contributed by atoms with E-state index < -0.39 is 18.8 Å². The monoisotopic (exact) mass is 276 g/mol. The van der Waals surface area contributed by atoms with E-state index >= 15 is 0 Å². The molecule has 0 aliphatic carbocycles. The summed E-state index contributed by atoms with van der Waals surface area (Å²) in [6, 6.07) is 7.14. The van der Waals surface area contributed by atoms with Crippen LogP contribution in [0.2, 0.25) is 0 Å². The van der Waals surface area contributed by atoms with Crippen LogP contribution >= 0.6 is 0 Å². The zero-order valence-electron chi connectivity index (χ0n) is 10.5. The van der Waals surface area contributed by atoms with E-state index in [-0.39, 0.29) is 5.70 Å². The summed E-state index contributed by atoms with van der Waals surface area (Å²) in [7, 11) is 0. The zero-order valence-corrected chi connectivity index (χ0v) is 10.5. The minimum absolute atomic E-state index is 0.273. The number of benzene rings is 1. The standard InChI is InChI=1S/C13H16F4N2/c1-2-9-3-5-10(6-4-9)11(19-18)7-8-12(14)13(15,16)17/h3-7,12,19H,2,8,18H2,1H3/b11-7-. The zero-order chi connectivity index (χ0) is 14.5. The molecule has 3 N–H and O–H groups in total. The number of halogens is 4. The van der Waals surface area contributed by atoms with Crippen LogP contribution in [-0.4, -0.2) is 12.3 Å². The SMILES string of the molecule is CCc1ccc(/C(=C/CC(F)C(F)(F)F)NN)cc1. The van der Waals surface area contributed by atoms with E-state index in [0.29, 0.717) is 5.56 Å². The first-order valence-electron chi connectivity index (χ1n) is 5.85. The molecule has 6 heteroatoms. The maximum atomic E-state index is 12.8. The van der Waals surface area contributed by atoms with Crippen LogP contribution in [0.5, 0.6) is 0 Å². The van der Waals surface area contributed by atoms with Crippen LogP contribution in [0, 0.1) is 0 Å². The molecule has 0 saturated carbocycles. The van der Waals surface area contributed by atoms with E-state index in [1.54, 1.807) is 12.1 Å². The van der Waals surface area contributed by atoms with Crippen molar-refractivity contribution in [3.05, 3.63) is 41.5 Å². The lowest BCUT2D eigenvalue weighted by molar-refractivity contribution is -0.179. The number of allylic oxidation sites excluding steroid dienone is 1. The topological polar surface area (TPSA) is 38.0 Å². The van der Waals surface area contributed by atoms with Crippen molar-refractivity contribution >= 4 is 5.70 Å². The van der Waals surface area contributed by atoms with E-state index in [1.807, 2.05) is 19.1 Å². The van der Waals surface area contributed by atoms with Crippen LogP contribution < -0.4 is 11.3 Å². The summed E-state index contributed by atoms with van der Waals surface area (Å²) in [6.07, 6.45) is -6.53. The first-order chi connectivity index (χ1) is 8.88. The molecule has 19 heavy (non-hydrogen) atoms. The van der Waals surface area contributed by atoms with Crippen LogP contribution in [0.15, 0.2) is 30.3 Å². The number of rotatable bonds is 5. The molecule has 0 fully saturated rings. The highest BCUT2D eigenvalue weighted by atomic mass is 19.4. The van der Waals surface area contributed by atoms with Gasteiger partial charge in [-0.1, -0.05) is 37.3 Å². The molecule has 0 spiro atoms. The molecule has 0 aliphatic heterocycles. The smallest absolute Gasteiger partial charge is 0.324 e. The molecular weight excluding hydrogens is 260 g/mol. The average Bonchev–Trinajstić information content (AvgIpc) is 2.38. The van der Waals surface area contributed by atoms with Crippen molar-refractivity contribution in [2.45, 2.75) is 32.1 Å². The normalized spacial score (nSPS) is 14.3. The molecule has 1 aromatic carbocycles. The fourth-order valence-corrected chi connectivity index (χ4v) is 1.54. The van der Waals surface area contributed by atoms with Crippen molar-refractivity contribution in [1.82, 2.24) is 5.43 Å². The number of hydrogen-bond donors (Lipinski definition) is 2. The molecule has 1 rings (SSSR count). The molecule has 0 aromatic heterocycles. The second kappa shape index (κ2) is 6.56. The lowest BCUT2D eigenvalue weighted by Crippen LogP contribution is -2.25. The summed E-state index contributed by atoms with van der Waals surface area (Å²) in [5.41, 5.74) is 4.28. The molecular formula is C13H16F4N2. The highest BCUT2D eigenvalue weighted by Gasteiger charge is 2.39. The van der Waals surface area contributed by atoms with E-state index in [1.165, 1.54) is 0 Å². The predicted molar refractivity (Wildman–Crippen MR) is 66.7 cm³/mol. The Balaban J connectivity index is 2.81. The van der Waals surface area contributed by atoms with Crippen LogP contribution in [0.25, 0.3) is 5.70 Å². The molecule has 106 valence electrons. The number of hydrazine groups is 1. The number of nitrogens with two attached hydrogens (primary N) is 1. The Hall–Kier alpha value is -1.56. The van der Waals surface area contributed by atoms with Gasteiger partial charge in [0.1, 0.15) is 0 Å². The Morgan fingerprint density at radius 2 is 1.89 bits per heavy atom. The first kappa shape index (κ1) is 15.5. The van der Waals surface area contributed by atoms with Gasteiger partial charge in [0.2, 0.25) is 0 Å². The summed E-state index contributed by atoms with van der Waals surface area (Å²) < 4.78 is 48.9. The summed E-state index contributed by atoms with van der Waals surface area (Å²) in [4.78, 5) is 0. The Morgan fingerprint density at radius 3 is 2.32 bits per heavy atom. The molecule has 2 nitrogen and oxygen atoms in total. The number of aryl methyl sites for hydroxylation is 1. The van der Waals surface area contributed by atoms with Gasteiger partial charge < -0.3 is 5.43 Å². The fraction of sp³-hybridized carbons (Fsp3) is 0.385. The minimum atomic E-state index is -4.84. The number of alkyl halides is 4. The quantitative estimate of drug-likeness (QED) is 0.492. The fourth-order valence-electron chi connectivity index (χ4n) is 1.54. The third-order valence-corrected chi connectivity index (χ3v) is 2.71. The van der Waals surface area contributed by atoms with Crippen LogP contribution in [0.3, 0.4) is 0 Å². The van der Waals surface area contributed by atoms with E-state index in [4.69, 9.17) is 5.84 Å². The van der Waals surface area contributed by atoms with Gasteiger partial charge in [0.05, 0.1) is 5.70 Å². The van der Waals surface area contributed by atoms with E-state index in [2.05, 4.69) is 5.43 Å². The molecule has 0 heterocycles. The summed E-state index contributed by atoms with van der Waals surface area (Å²) in [5.74, 6) is 5.25. The van der Waals surface area contributed by atoms with E-state index in [9.17, 15) is 17.6 Å².